The van der Waals surface area contributed by atoms with Crippen LogP contribution in [-0.4, -0.2) is 30.2 Å². The zero-order valence-corrected chi connectivity index (χ0v) is 10.7. The average Bonchev–Trinajstić information content (AvgIpc) is 3.18. The molecule has 0 amide bonds. The molecule has 2 nitrogen and oxygen atoms in total. The predicted molar refractivity (Wildman–Crippen MR) is 68.5 cm³/mol. The highest BCUT2D eigenvalue weighted by molar-refractivity contribution is 5.15. The largest absolute Gasteiger partial charge is 0.394 e. The summed E-state index contributed by atoms with van der Waals surface area (Å²) < 4.78 is 38.4. The highest BCUT2D eigenvalue weighted by Crippen LogP contribution is 2.32. The summed E-state index contributed by atoms with van der Waals surface area (Å²) in [7, 11) is 0. The van der Waals surface area contributed by atoms with Crippen LogP contribution in [0.5, 0.6) is 0 Å². The molecular weight excluding hydrogens is 253 g/mol. The van der Waals surface area contributed by atoms with Gasteiger partial charge in [0.15, 0.2) is 0 Å². The summed E-state index contributed by atoms with van der Waals surface area (Å²) in [6, 6.07) is 9.90. The van der Waals surface area contributed by atoms with Gasteiger partial charge in [0.2, 0.25) is 0 Å². The average molecular weight is 272 g/mol. The van der Waals surface area contributed by atoms with Gasteiger partial charge in [-0.15, -0.1) is 0 Å². The molecule has 1 aliphatic rings. The second-order valence-corrected chi connectivity index (χ2v) is 5.12. The van der Waals surface area contributed by atoms with Crippen LogP contribution >= 0.6 is 0 Å². The Hall–Kier alpha value is -1.07. The van der Waals surface area contributed by atoms with E-state index in [-0.39, 0.29) is 19.1 Å². The number of hydrogen-bond donors (Lipinski definition) is 1. The fraction of sp³-hybridized carbons (Fsp3) is 0.571. The van der Waals surface area contributed by atoms with Crippen molar-refractivity contribution in [1.29, 1.82) is 0 Å². The molecule has 1 aromatic rings. The summed E-state index contributed by atoms with van der Waals surface area (Å²) in [5.41, 5.74) is 6.32. The van der Waals surface area contributed by atoms with Gasteiger partial charge in [0.25, 0.3) is 0 Å². The van der Waals surface area contributed by atoms with Gasteiger partial charge in [0, 0.05) is 25.7 Å². The van der Waals surface area contributed by atoms with Crippen LogP contribution in [0.3, 0.4) is 0 Å². The molecule has 0 heterocycles. The minimum Gasteiger partial charge on any atom is -0.330 e. The van der Waals surface area contributed by atoms with Gasteiger partial charge in [-0.2, -0.15) is 13.2 Å². The number of hydrogen-bond acceptors (Lipinski definition) is 2. The fourth-order valence-corrected chi connectivity index (χ4v) is 2.20. The molecule has 19 heavy (non-hydrogen) atoms. The van der Waals surface area contributed by atoms with Crippen molar-refractivity contribution < 1.29 is 13.2 Å². The van der Waals surface area contributed by atoms with Crippen LogP contribution in [-0.2, 0) is 6.54 Å². The summed E-state index contributed by atoms with van der Waals surface area (Å²) in [6.45, 7) is 0.221. The molecule has 2 N–H and O–H groups in total. The Balaban J connectivity index is 2.00. The van der Waals surface area contributed by atoms with E-state index in [2.05, 4.69) is 0 Å². The lowest BCUT2D eigenvalue weighted by molar-refractivity contribution is -0.177. The summed E-state index contributed by atoms with van der Waals surface area (Å²) in [5.74, 6) is -1.43. The molecule has 1 aliphatic carbocycles. The first-order valence-corrected chi connectivity index (χ1v) is 6.55. The molecular formula is C14H19F3N2. The van der Waals surface area contributed by atoms with Crippen molar-refractivity contribution in [1.82, 2.24) is 4.90 Å². The molecule has 1 fully saturated rings. The fourth-order valence-electron chi connectivity index (χ4n) is 2.20. The highest BCUT2D eigenvalue weighted by atomic mass is 19.4. The number of halogens is 3. The molecule has 2 rings (SSSR count). The minimum atomic E-state index is -4.21. The van der Waals surface area contributed by atoms with E-state index in [1.54, 1.807) is 0 Å². The van der Waals surface area contributed by atoms with Gasteiger partial charge in [0.05, 0.1) is 5.92 Å². The van der Waals surface area contributed by atoms with Gasteiger partial charge >= 0.3 is 6.18 Å². The minimum absolute atomic E-state index is 0.000436. The predicted octanol–water partition coefficient (Wildman–Crippen LogP) is 2.79. The van der Waals surface area contributed by atoms with Gasteiger partial charge in [0.1, 0.15) is 0 Å². The van der Waals surface area contributed by atoms with Gasteiger partial charge in [-0.3, -0.25) is 4.90 Å². The van der Waals surface area contributed by atoms with E-state index in [1.807, 2.05) is 35.2 Å². The number of benzene rings is 1. The van der Waals surface area contributed by atoms with Gasteiger partial charge in [-0.25, -0.2) is 0 Å². The van der Waals surface area contributed by atoms with Crippen LogP contribution in [0, 0.1) is 5.92 Å². The maximum Gasteiger partial charge on any atom is 0.394 e. The molecule has 5 heteroatoms. The SMILES string of the molecule is NCC(CN(Cc1ccccc1)C1CC1)C(F)(F)F. The Labute approximate surface area is 111 Å². The Bertz CT molecular complexity index is 387. The van der Waals surface area contributed by atoms with Crippen LogP contribution < -0.4 is 5.73 Å². The lowest BCUT2D eigenvalue weighted by Crippen LogP contribution is -2.41. The Morgan fingerprint density at radius 1 is 1.21 bits per heavy atom. The van der Waals surface area contributed by atoms with Crippen molar-refractivity contribution in [2.45, 2.75) is 31.6 Å². The first kappa shape index (κ1) is 14.3. The van der Waals surface area contributed by atoms with E-state index in [9.17, 15) is 13.2 Å². The molecule has 0 aromatic heterocycles. The number of rotatable bonds is 6. The lowest BCUT2D eigenvalue weighted by Gasteiger charge is -2.28. The molecule has 0 spiro atoms. The van der Waals surface area contributed by atoms with E-state index < -0.39 is 12.1 Å². The molecule has 0 bridgehead atoms. The van der Waals surface area contributed by atoms with Crippen LogP contribution in [0.1, 0.15) is 18.4 Å². The van der Waals surface area contributed by atoms with Crippen LogP contribution in [0.4, 0.5) is 13.2 Å². The first-order valence-electron chi connectivity index (χ1n) is 6.55. The zero-order chi connectivity index (χ0) is 13.9. The summed E-state index contributed by atoms with van der Waals surface area (Å²) in [5, 5.41) is 0. The quantitative estimate of drug-likeness (QED) is 0.863. The van der Waals surface area contributed by atoms with Crippen LogP contribution in [0.25, 0.3) is 0 Å². The van der Waals surface area contributed by atoms with E-state index in [0.29, 0.717) is 6.54 Å². The van der Waals surface area contributed by atoms with Crippen molar-refractivity contribution in [3.8, 4) is 0 Å². The molecule has 0 aliphatic heterocycles. The van der Waals surface area contributed by atoms with Crippen LogP contribution in [0.2, 0.25) is 0 Å². The third kappa shape index (κ3) is 4.21. The summed E-state index contributed by atoms with van der Waals surface area (Å²) >= 11 is 0. The van der Waals surface area contributed by atoms with Crippen molar-refractivity contribution in [2.24, 2.45) is 11.7 Å². The van der Waals surface area contributed by atoms with E-state index in [0.717, 1.165) is 18.4 Å². The van der Waals surface area contributed by atoms with E-state index >= 15 is 0 Å². The molecule has 106 valence electrons. The second kappa shape index (κ2) is 5.92. The maximum atomic E-state index is 12.8. The first-order chi connectivity index (χ1) is 9.00. The Morgan fingerprint density at radius 3 is 2.32 bits per heavy atom. The zero-order valence-electron chi connectivity index (χ0n) is 10.7. The molecule has 1 unspecified atom stereocenters. The highest BCUT2D eigenvalue weighted by Gasteiger charge is 2.41. The van der Waals surface area contributed by atoms with Crippen molar-refractivity contribution in [3.05, 3.63) is 35.9 Å². The van der Waals surface area contributed by atoms with Crippen molar-refractivity contribution in [2.75, 3.05) is 13.1 Å². The van der Waals surface area contributed by atoms with E-state index in [4.69, 9.17) is 5.73 Å². The van der Waals surface area contributed by atoms with Gasteiger partial charge in [-0.1, -0.05) is 30.3 Å². The number of nitrogens with two attached hydrogens (primary N) is 1. The third-order valence-electron chi connectivity index (χ3n) is 3.49. The number of alkyl halides is 3. The third-order valence-corrected chi connectivity index (χ3v) is 3.49. The van der Waals surface area contributed by atoms with Crippen LogP contribution in [0.15, 0.2) is 30.3 Å². The normalized spacial score (nSPS) is 17.7. The van der Waals surface area contributed by atoms with Gasteiger partial charge in [-0.05, 0) is 18.4 Å². The lowest BCUT2D eigenvalue weighted by atomic mass is 10.1. The molecule has 1 saturated carbocycles. The molecule has 0 saturated heterocycles. The molecule has 1 atom stereocenters. The topological polar surface area (TPSA) is 29.3 Å². The maximum absolute atomic E-state index is 12.8. The summed E-state index contributed by atoms with van der Waals surface area (Å²) in [6.07, 6.45) is -2.23. The number of nitrogens with zero attached hydrogens (tertiary/aromatic N) is 1. The Kier molecular flexibility index (Phi) is 4.47. The second-order valence-electron chi connectivity index (χ2n) is 5.12. The monoisotopic (exact) mass is 272 g/mol. The molecule has 1 aromatic carbocycles. The summed E-state index contributed by atoms with van der Waals surface area (Å²) in [4.78, 5) is 1.92. The van der Waals surface area contributed by atoms with Crippen molar-refractivity contribution >= 4 is 0 Å². The van der Waals surface area contributed by atoms with Gasteiger partial charge < -0.3 is 5.73 Å². The Morgan fingerprint density at radius 2 is 1.84 bits per heavy atom. The smallest absolute Gasteiger partial charge is 0.330 e. The molecule has 0 radical (unpaired) electrons. The van der Waals surface area contributed by atoms with E-state index in [1.165, 1.54) is 0 Å². The standard InChI is InChI=1S/C14H19F3N2/c15-14(16,17)12(8-18)10-19(13-6-7-13)9-11-4-2-1-3-5-11/h1-5,12-13H,6-10,18H2. The van der Waals surface area contributed by atoms with Crippen molar-refractivity contribution in [3.63, 3.8) is 0 Å².